The van der Waals surface area contributed by atoms with Crippen LogP contribution in [0.25, 0.3) is 0 Å². The Morgan fingerprint density at radius 3 is 2.44 bits per heavy atom. The number of likely N-dealkylation sites (N-methyl/N-ethyl adjacent to an activating group) is 1. The van der Waals surface area contributed by atoms with Crippen molar-refractivity contribution < 1.29 is 9.90 Å². The molecule has 0 saturated carbocycles. The second-order valence-electron chi connectivity index (χ2n) is 3.86. The van der Waals surface area contributed by atoms with E-state index in [1.807, 2.05) is 37.2 Å². The summed E-state index contributed by atoms with van der Waals surface area (Å²) in [5.74, 6) is -0.0710. The summed E-state index contributed by atoms with van der Waals surface area (Å²) in [6.45, 7) is 0.326. The van der Waals surface area contributed by atoms with Crippen molar-refractivity contribution in [1.82, 2.24) is 4.90 Å². The van der Waals surface area contributed by atoms with E-state index in [0.29, 0.717) is 12.1 Å². The largest absolute Gasteiger partial charge is 0.395 e. The average molecular weight is 222 g/mol. The number of aliphatic hydroxyl groups is 1. The van der Waals surface area contributed by atoms with Gasteiger partial charge in [0.2, 0.25) is 0 Å². The van der Waals surface area contributed by atoms with E-state index in [2.05, 4.69) is 0 Å². The van der Waals surface area contributed by atoms with Crippen molar-refractivity contribution >= 4 is 11.6 Å². The maximum atomic E-state index is 12.0. The minimum atomic E-state index is -0.0710. The second-order valence-corrected chi connectivity index (χ2v) is 3.86. The zero-order valence-electron chi connectivity index (χ0n) is 9.97. The third-order valence-electron chi connectivity index (χ3n) is 2.40. The molecule has 0 spiro atoms. The molecule has 0 radical (unpaired) electrons. The van der Waals surface area contributed by atoms with Crippen molar-refractivity contribution in [3.63, 3.8) is 0 Å². The van der Waals surface area contributed by atoms with E-state index >= 15 is 0 Å². The number of carbonyl (C=O) groups excluding carboxylic acids is 1. The molecule has 0 aliphatic carbocycles. The van der Waals surface area contributed by atoms with Crippen LogP contribution < -0.4 is 4.90 Å². The molecule has 0 fully saturated rings. The highest BCUT2D eigenvalue weighted by molar-refractivity contribution is 5.99. The van der Waals surface area contributed by atoms with E-state index in [1.54, 1.807) is 13.1 Å². The number of benzene rings is 1. The lowest BCUT2D eigenvalue weighted by atomic mass is 10.1. The number of para-hydroxylation sites is 1. The molecule has 0 bridgehead atoms. The van der Waals surface area contributed by atoms with Gasteiger partial charge in [-0.3, -0.25) is 4.79 Å². The SMILES string of the molecule is CN(CCO)C(=O)c1ccccc1N(C)C. The average Bonchev–Trinajstić information content (AvgIpc) is 2.28. The number of hydrogen-bond donors (Lipinski definition) is 1. The Morgan fingerprint density at radius 1 is 1.25 bits per heavy atom. The Labute approximate surface area is 96.1 Å². The van der Waals surface area contributed by atoms with E-state index in [1.165, 1.54) is 4.90 Å². The first kappa shape index (κ1) is 12.5. The smallest absolute Gasteiger partial charge is 0.255 e. The van der Waals surface area contributed by atoms with E-state index < -0.39 is 0 Å². The molecule has 1 N–H and O–H groups in total. The Balaban J connectivity index is 2.99. The number of anilines is 1. The maximum absolute atomic E-state index is 12.0. The van der Waals surface area contributed by atoms with Crippen molar-refractivity contribution in [2.75, 3.05) is 39.2 Å². The lowest BCUT2D eigenvalue weighted by Gasteiger charge is -2.21. The number of carbonyl (C=O) groups is 1. The zero-order valence-corrected chi connectivity index (χ0v) is 9.97. The summed E-state index contributed by atoms with van der Waals surface area (Å²) in [5, 5.41) is 8.81. The van der Waals surface area contributed by atoms with Gasteiger partial charge in [-0.1, -0.05) is 12.1 Å². The third kappa shape index (κ3) is 2.73. The normalized spacial score (nSPS) is 10.0. The summed E-state index contributed by atoms with van der Waals surface area (Å²) < 4.78 is 0. The fourth-order valence-electron chi connectivity index (χ4n) is 1.50. The molecule has 1 aromatic carbocycles. The van der Waals surface area contributed by atoms with Crippen LogP contribution in [0.4, 0.5) is 5.69 Å². The van der Waals surface area contributed by atoms with Crippen LogP contribution in [-0.4, -0.2) is 50.2 Å². The van der Waals surface area contributed by atoms with E-state index in [4.69, 9.17) is 5.11 Å². The van der Waals surface area contributed by atoms with Gasteiger partial charge >= 0.3 is 0 Å². The lowest BCUT2D eigenvalue weighted by molar-refractivity contribution is 0.0767. The maximum Gasteiger partial charge on any atom is 0.255 e. The summed E-state index contributed by atoms with van der Waals surface area (Å²) in [4.78, 5) is 15.5. The molecule has 1 amide bonds. The lowest BCUT2D eigenvalue weighted by Crippen LogP contribution is -2.30. The van der Waals surface area contributed by atoms with Gasteiger partial charge in [0.1, 0.15) is 0 Å². The van der Waals surface area contributed by atoms with Crippen LogP contribution >= 0.6 is 0 Å². The Bertz CT molecular complexity index is 364. The van der Waals surface area contributed by atoms with E-state index in [9.17, 15) is 4.79 Å². The summed E-state index contributed by atoms with van der Waals surface area (Å²) in [7, 11) is 5.49. The zero-order chi connectivity index (χ0) is 12.1. The summed E-state index contributed by atoms with van der Waals surface area (Å²) in [6, 6.07) is 7.44. The fourth-order valence-corrected chi connectivity index (χ4v) is 1.50. The second kappa shape index (κ2) is 5.51. The number of rotatable bonds is 4. The van der Waals surface area contributed by atoms with Gasteiger partial charge < -0.3 is 14.9 Å². The summed E-state index contributed by atoms with van der Waals surface area (Å²) in [5.41, 5.74) is 1.54. The van der Waals surface area contributed by atoms with Crippen LogP contribution in [0, 0.1) is 0 Å². The standard InChI is InChI=1S/C12H18N2O2/c1-13(2)11-7-5-4-6-10(11)12(16)14(3)8-9-15/h4-7,15H,8-9H2,1-3H3. The van der Waals surface area contributed by atoms with Gasteiger partial charge in [-0.05, 0) is 12.1 Å². The number of nitrogens with zero attached hydrogens (tertiary/aromatic N) is 2. The molecule has 0 unspecified atom stereocenters. The molecule has 0 aromatic heterocycles. The first-order chi connectivity index (χ1) is 7.57. The fraction of sp³-hybridized carbons (Fsp3) is 0.417. The third-order valence-corrected chi connectivity index (χ3v) is 2.40. The quantitative estimate of drug-likeness (QED) is 0.820. The molecular weight excluding hydrogens is 204 g/mol. The van der Waals surface area contributed by atoms with Gasteiger partial charge in [0.25, 0.3) is 5.91 Å². The molecule has 0 aliphatic heterocycles. The highest BCUT2D eigenvalue weighted by Gasteiger charge is 2.15. The molecule has 4 nitrogen and oxygen atoms in total. The number of aliphatic hydroxyl groups excluding tert-OH is 1. The molecule has 16 heavy (non-hydrogen) atoms. The van der Waals surface area contributed by atoms with Crippen LogP contribution in [0.1, 0.15) is 10.4 Å². The number of amides is 1. The van der Waals surface area contributed by atoms with Crippen molar-refractivity contribution in [3.8, 4) is 0 Å². The van der Waals surface area contributed by atoms with Crippen LogP contribution in [0.5, 0.6) is 0 Å². The van der Waals surface area contributed by atoms with Gasteiger partial charge in [-0.2, -0.15) is 0 Å². The van der Waals surface area contributed by atoms with Crippen molar-refractivity contribution in [1.29, 1.82) is 0 Å². The predicted octanol–water partition coefficient (Wildman–Crippen LogP) is 0.817. The van der Waals surface area contributed by atoms with Crippen LogP contribution in [-0.2, 0) is 0 Å². The highest BCUT2D eigenvalue weighted by atomic mass is 16.3. The molecule has 0 saturated heterocycles. The first-order valence-electron chi connectivity index (χ1n) is 5.20. The van der Waals surface area contributed by atoms with E-state index in [0.717, 1.165) is 5.69 Å². The van der Waals surface area contributed by atoms with Crippen molar-refractivity contribution in [2.24, 2.45) is 0 Å². The van der Waals surface area contributed by atoms with Gasteiger partial charge in [0.15, 0.2) is 0 Å². The van der Waals surface area contributed by atoms with Crippen molar-refractivity contribution in [3.05, 3.63) is 29.8 Å². The minimum Gasteiger partial charge on any atom is -0.395 e. The molecule has 1 aromatic rings. The first-order valence-corrected chi connectivity index (χ1v) is 5.20. The van der Waals surface area contributed by atoms with Crippen LogP contribution in [0.3, 0.4) is 0 Å². The molecule has 1 rings (SSSR count). The van der Waals surface area contributed by atoms with Gasteiger partial charge in [-0.25, -0.2) is 0 Å². The number of hydrogen-bond acceptors (Lipinski definition) is 3. The predicted molar refractivity (Wildman–Crippen MR) is 64.8 cm³/mol. The molecular formula is C12H18N2O2. The Morgan fingerprint density at radius 2 is 1.88 bits per heavy atom. The molecule has 88 valence electrons. The minimum absolute atomic E-state index is 0.0215. The summed E-state index contributed by atoms with van der Waals surface area (Å²) >= 11 is 0. The van der Waals surface area contributed by atoms with Gasteiger partial charge in [0, 0.05) is 33.4 Å². The molecule has 4 heteroatoms. The Kier molecular flexibility index (Phi) is 4.31. The molecule has 0 heterocycles. The van der Waals surface area contributed by atoms with E-state index in [-0.39, 0.29) is 12.5 Å². The van der Waals surface area contributed by atoms with Crippen LogP contribution in [0.15, 0.2) is 24.3 Å². The summed E-state index contributed by atoms with van der Waals surface area (Å²) in [6.07, 6.45) is 0. The van der Waals surface area contributed by atoms with Crippen LogP contribution in [0.2, 0.25) is 0 Å². The molecule has 0 aliphatic rings. The molecule has 0 atom stereocenters. The topological polar surface area (TPSA) is 43.8 Å². The van der Waals surface area contributed by atoms with Gasteiger partial charge in [0.05, 0.1) is 12.2 Å². The van der Waals surface area contributed by atoms with Gasteiger partial charge in [-0.15, -0.1) is 0 Å². The van der Waals surface area contributed by atoms with Crippen molar-refractivity contribution in [2.45, 2.75) is 0 Å². The monoisotopic (exact) mass is 222 g/mol. The Hall–Kier alpha value is -1.55. The highest BCUT2D eigenvalue weighted by Crippen LogP contribution is 2.19.